The molecule has 1 amide bonds. The number of anilines is 1. The SMILES string of the molecule is O=C(COC(=O)Cn1ccc(=O)[nH]c1=O)Nc1nc(-c2ccccc2)cs1. The number of aromatic nitrogens is 3. The van der Waals surface area contributed by atoms with Crippen LogP contribution < -0.4 is 16.6 Å². The largest absolute Gasteiger partial charge is 0.454 e. The third-order valence-electron chi connectivity index (χ3n) is 3.38. The molecule has 0 aliphatic carbocycles. The van der Waals surface area contributed by atoms with E-state index in [-0.39, 0.29) is 0 Å². The van der Waals surface area contributed by atoms with Crippen molar-refractivity contribution < 1.29 is 14.3 Å². The van der Waals surface area contributed by atoms with Crippen LogP contribution in [0, 0.1) is 0 Å². The standard InChI is InChI=1S/C17H14N4O5S/c22-13-6-7-21(17(25)20-13)8-15(24)26-9-14(23)19-16-18-12(10-27-16)11-4-2-1-3-5-11/h1-7,10H,8-9H2,(H,18,19,23)(H,20,22,25). The maximum absolute atomic E-state index is 11.9. The molecular formula is C17H14N4O5S. The number of carbonyl (C=O) groups is 2. The van der Waals surface area contributed by atoms with Gasteiger partial charge in [0.05, 0.1) is 5.69 Å². The molecule has 138 valence electrons. The molecule has 0 bridgehead atoms. The number of aromatic amines is 1. The second-order valence-electron chi connectivity index (χ2n) is 5.35. The lowest BCUT2D eigenvalue weighted by Gasteiger charge is -2.06. The Bertz CT molecular complexity index is 1070. The van der Waals surface area contributed by atoms with Crippen LogP contribution in [0.15, 0.2) is 57.6 Å². The van der Waals surface area contributed by atoms with Crippen LogP contribution >= 0.6 is 11.3 Å². The van der Waals surface area contributed by atoms with Crippen molar-refractivity contribution in [1.29, 1.82) is 0 Å². The number of nitrogens with one attached hydrogen (secondary N) is 2. The second-order valence-corrected chi connectivity index (χ2v) is 6.21. The number of hydrogen-bond acceptors (Lipinski definition) is 7. The zero-order valence-corrected chi connectivity index (χ0v) is 14.7. The first-order valence-electron chi connectivity index (χ1n) is 7.77. The summed E-state index contributed by atoms with van der Waals surface area (Å²) in [7, 11) is 0. The Labute approximate surface area is 156 Å². The lowest BCUT2D eigenvalue weighted by atomic mass is 10.2. The van der Waals surface area contributed by atoms with Gasteiger partial charge in [0, 0.05) is 23.2 Å². The van der Waals surface area contributed by atoms with Gasteiger partial charge in [0.15, 0.2) is 11.7 Å². The number of rotatable bonds is 6. The predicted molar refractivity (Wildman–Crippen MR) is 98.5 cm³/mol. The molecule has 3 aromatic rings. The van der Waals surface area contributed by atoms with Crippen molar-refractivity contribution in [2.24, 2.45) is 0 Å². The Morgan fingerprint density at radius 2 is 1.96 bits per heavy atom. The smallest absolute Gasteiger partial charge is 0.328 e. The van der Waals surface area contributed by atoms with E-state index in [0.717, 1.165) is 21.9 Å². The number of H-pyrrole nitrogens is 1. The Balaban J connectivity index is 1.51. The number of nitrogens with zero attached hydrogens (tertiary/aromatic N) is 2. The lowest BCUT2D eigenvalue weighted by Crippen LogP contribution is -2.32. The van der Waals surface area contributed by atoms with E-state index >= 15 is 0 Å². The van der Waals surface area contributed by atoms with Crippen LogP contribution in [-0.2, 0) is 20.9 Å². The van der Waals surface area contributed by atoms with Crippen molar-refractivity contribution in [2.75, 3.05) is 11.9 Å². The topological polar surface area (TPSA) is 123 Å². The Hall–Kier alpha value is -3.53. The van der Waals surface area contributed by atoms with Crippen LogP contribution in [0.2, 0.25) is 0 Å². The molecule has 2 N–H and O–H groups in total. The van der Waals surface area contributed by atoms with Gasteiger partial charge in [-0.15, -0.1) is 11.3 Å². The molecule has 0 aliphatic rings. The first kappa shape index (κ1) is 18.3. The number of hydrogen-bond donors (Lipinski definition) is 2. The van der Waals surface area contributed by atoms with Crippen molar-refractivity contribution in [1.82, 2.24) is 14.5 Å². The zero-order chi connectivity index (χ0) is 19.2. The number of esters is 1. The van der Waals surface area contributed by atoms with E-state index in [1.54, 1.807) is 5.38 Å². The van der Waals surface area contributed by atoms with Gasteiger partial charge in [-0.05, 0) is 0 Å². The molecule has 0 aliphatic heterocycles. The third kappa shape index (κ3) is 4.98. The van der Waals surface area contributed by atoms with Crippen LogP contribution in [0.25, 0.3) is 11.3 Å². The molecule has 0 radical (unpaired) electrons. The Morgan fingerprint density at radius 1 is 1.19 bits per heavy atom. The summed E-state index contributed by atoms with van der Waals surface area (Å²) in [4.78, 5) is 52.4. The minimum Gasteiger partial charge on any atom is -0.454 e. The summed E-state index contributed by atoms with van der Waals surface area (Å²) in [5, 5.41) is 4.73. The molecule has 9 nitrogen and oxygen atoms in total. The molecule has 0 fully saturated rings. The molecular weight excluding hydrogens is 372 g/mol. The van der Waals surface area contributed by atoms with Gasteiger partial charge in [-0.25, -0.2) is 9.78 Å². The van der Waals surface area contributed by atoms with E-state index in [4.69, 9.17) is 4.74 Å². The van der Waals surface area contributed by atoms with Crippen molar-refractivity contribution in [3.05, 3.63) is 68.8 Å². The van der Waals surface area contributed by atoms with Crippen molar-refractivity contribution >= 4 is 28.3 Å². The summed E-state index contributed by atoms with van der Waals surface area (Å²) in [5.41, 5.74) is 0.347. The molecule has 0 saturated carbocycles. The number of amides is 1. The van der Waals surface area contributed by atoms with Crippen LogP contribution in [0.5, 0.6) is 0 Å². The van der Waals surface area contributed by atoms with E-state index in [1.807, 2.05) is 35.3 Å². The van der Waals surface area contributed by atoms with Gasteiger partial charge in [0.25, 0.3) is 11.5 Å². The monoisotopic (exact) mass is 386 g/mol. The van der Waals surface area contributed by atoms with E-state index in [1.165, 1.54) is 17.5 Å². The maximum Gasteiger partial charge on any atom is 0.328 e. The fourth-order valence-corrected chi connectivity index (χ4v) is 2.86. The van der Waals surface area contributed by atoms with Gasteiger partial charge in [0.1, 0.15) is 6.54 Å². The summed E-state index contributed by atoms with van der Waals surface area (Å²) in [6.07, 6.45) is 1.17. The normalized spacial score (nSPS) is 10.4. The highest BCUT2D eigenvalue weighted by molar-refractivity contribution is 7.14. The number of ether oxygens (including phenoxy) is 1. The molecule has 27 heavy (non-hydrogen) atoms. The maximum atomic E-state index is 11.9. The highest BCUT2D eigenvalue weighted by atomic mass is 32.1. The fraction of sp³-hybridized carbons (Fsp3) is 0.118. The van der Waals surface area contributed by atoms with E-state index in [2.05, 4.69) is 10.3 Å². The number of benzene rings is 1. The molecule has 2 aromatic heterocycles. The van der Waals surface area contributed by atoms with Crippen LogP contribution in [0.3, 0.4) is 0 Å². The second kappa shape index (κ2) is 8.23. The number of thiazole rings is 1. The van der Waals surface area contributed by atoms with Gasteiger partial charge in [-0.1, -0.05) is 30.3 Å². The molecule has 0 atom stereocenters. The third-order valence-corrected chi connectivity index (χ3v) is 4.14. The summed E-state index contributed by atoms with van der Waals surface area (Å²) in [6, 6.07) is 10.6. The highest BCUT2D eigenvalue weighted by Gasteiger charge is 2.12. The average molecular weight is 386 g/mol. The average Bonchev–Trinajstić information content (AvgIpc) is 3.11. The molecule has 3 rings (SSSR count). The van der Waals surface area contributed by atoms with Crippen LogP contribution in [-0.4, -0.2) is 33.0 Å². The molecule has 0 spiro atoms. The minimum absolute atomic E-state index is 0.381. The quantitative estimate of drug-likeness (QED) is 0.605. The molecule has 0 unspecified atom stereocenters. The minimum atomic E-state index is -0.789. The molecule has 2 heterocycles. The molecule has 1 aromatic carbocycles. The van der Waals surface area contributed by atoms with Gasteiger partial charge < -0.3 is 4.74 Å². The van der Waals surface area contributed by atoms with Gasteiger partial charge >= 0.3 is 11.7 Å². The van der Waals surface area contributed by atoms with Crippen molar-refractivity contribution in [3.63, 3.8) is 0 Å². The van der Waals surface area contributed by atoms with Crippen LogP contribution in [0.1, 0.15) is 0 Å². The summed E-state index contributed by atoms with van der Waals surface area (Å²) in [6.45, 7) is -0.935. The van der Waals surface area contributed by atoms with Crippen LogP contribution in [0.4, 0.5) is 5.13 Å². The first-order valence-corrected chi connectivity index (χ1v) is 8.65. The summed E-state index contributed by atoms with van der Waals surface area (Å²) >= 11 is 1.25. The van der Waals surface area contributed by atoms with E-state index in [0.29, 0.717) is 5.13 Å². The van der Waals surface area contributed by atoms with E-state index in [9.17, 15) is 19.2 Å². The Morgan fingerprint density at radius 3 is 2.70 bits per heavy atom. The predicted octanol–water partition coefficient (Wildman–Crippen LogP) is 0.842. The first-order chi connectivity index (χ1) is 13.0. The van der Waals surface area contributed by atoms with E-state index < -0.39 is 36.3 Å². The fourth-order valence-electron chi connectivity index (χ4n) is 2.13. The summed E-state index contributed by atoms with van der Waals surface area (Å²) < 4.78 is 5.80. The van der Waals surface area contributed by atoms with Gasteiger partial charge in [-0.3, -0.25) is 29.3 Å². The van der Waals surface area contributed by atoms with Gasteiger partial charge in [0.2, 0.25) is 0 Å². The Kier molecular flexibility index (Phi) is 5.57. The number of carbonyl (C=O) groups excluding carboxylic acids is 2. The molecule has 10 heteroatoms. The summed E-state index contributed by atoms with van der Waals surface area (Å²) in [5.74, 6) is -1.34. The highest BCUT2D eigenvalue weighted by Crippen LogP contribution is 2.24. The molecule has 0 saturated heterocycles. The lowest BCUT2D eigenvalue weighted by molar-refractivity contribution is -0.148. The van der Waals surface area contributed by atoms with Gasteiger partial charge in [-0.2, -0.15) is 0 Å². The zero-order valence-electron chi connectivity index (χ0n) is 13.9. The van der Waals surface area contributed by atoms with Crippen molar-refractivity contribution in [2.45, 2.75) is 6.54 Å². The van der Waals surface area contributed by atoms with Crippen molar-refractivity contribution in [3.8, 4) is 11.3 Å².